The zero-order valence-electron chi connectivity index (χ0n) is 16.7. The van der Waals surface area contributed by atoms with Gasteiger partial charge >= 0.3 is 11.8 Å². The van der Waals surface area contributed by atoms with E-state index in [1.165, 1.54) is 0 Å². The molecule has 1 saturated heterocycles. The van der Waals surface area contributed by atoms with Gasteiger partial charge in [-0.2, -0.15) is 5.10 Å². The average molecular weight is 394 g/mol. The Kier molecular flexibility index (Phi) is 7.10. The fraction of sp³-hybridized carbons (Fsp3) is 0.318. The first-order chi connectivity index (χ1) is 14.0. The summed E-state index contributed by atoms with van der Waals surface area (Å²) in [6.45, 7) is 6.66. The third-order valence-electron chi connectivity index (χ3n) is 4.77. The van der Waals surface area contributed by atoms with Crippen LogP contribution in [0.4, 0.5) is 5.69 Å². The van der Waals surface area contributed by atoms with E-state index in [4.69, 9.17) is 4.74 Å². The van der Waals surface area contributed by atoms with E-state index in [2.05, 4.69) is 20.7 Å². The second kappa shape index (κ2) is 9.95. The van der Waals surface area contributed by atoms with Crippen molar-refractivity contribution in [2.24, 2.45) is 5.10 Å². The van der Waals surface area contributed by atoms with Crippen LogP contribution in [0.1, 0.15) is 24.1 Å². The lowest BCUT2D eigenvalue weighted by atomic mass is 10.0. The topological polar surface area (TPSA) is 83.0 Å². The van der Waals surface area contributed by atoms with Crippen LogP contribution < -0.4 is 10.7 Å². The summed E-state index contributed by atoms with van der Waals surface area (Å²) in [5, 5.41) is 6.80. The molecule has 1 fully saturated rings. The standard InChI is InChI=1S/C22H26N4O3/c1-16-8-10-19(11-9-16)23-21(27)22(28)25-24-17(2)20(18-6-4-3-5-7-18)26-12-14-29-15-13-26/h3-11,20H,12-15H2,1-2H3,(H,23,27)(H,25,28)/b24-17-/t20-/m0/s1. The summed E-state index contributed by atoms with van der Waals surface area (Å²) in [6, 6.07) is 17.1. The number of anilines is 1. The van der Waals surface area contributed by atoms with Gasteiger partial charge in [-0.1, -0.05) is 48.0 Å². The molecule has 0 bridgehead atoms. The average Bonchev–Trinajstić information content (AvgIpc) is 2.75. The number of hydrazone groups is 1. The van der Waals surface area contributed by atoms with E-state index in [0.717, 1.165) is 24.2 Å². The molecule has 0 saturated carbocycles. The molecule has 1 heterocycles. The highest BCUT2D eigenvalue weighted by molar-refractivity contribution is 6.39. The van der Waals surface area contributed by atoms with Gasteiger partial charge in [-0.3, -0.25) is 14.5 Å². The molecule has 0 aromatic heterocycles. The monoisotopic (exact) mass is 394 g/mol. The second-order valence-corrected chi connectivity index (χ2v) is 6.98. The third-order valence-corrected chi connectivity index (χ3v) is 4.77. The van der Waals surface area contributed by atoms with Crippen molar-refractivity contribution in [2.45, 2.75) is 19.9 Å². The van der Waals surface area contributed by atoms with Crippen LogP contribution in [0.15, 0.2) is 59.7 Å². The molecule has 2 aromatic carbocycles. The Morgan fingerprint density at radius 1 is 1.00 bits per heavy atom. The molecule has 2 amide bonds. The minimum atomic E-state index is -0.807. The van der Waals surface area contributed by atoms with Gasteiger partial charge in [0.05, 0.1) is 25.0 Å². The molecule has 3 rings (SSSR count). The van der Waals surface area contributed by atoms with Crippen LogP contribution in [0, 0.1) is 6.92 Å². The molecule has 1 aliphatic heterocycles. The van der Waals surface area contributed by atoms with Crippen molar-refractivity contribution in [1.82, 2.24) is 10.3 Å². The second-order valence-electron chi connectivity index (χ2n) is 6.98. The molecule has 7 heteroatoms. The van der Waals surface area contributed by atoms with Crippen LogP contribution >= 0.6 is 0 Å². The Morgan fingerprint density at radius 3 is 2.31 bits per heavy atom. The van der Waals surface area contributed by atoms with Gasteiger partial charge in [-0.15, -0.1) is 0 Å². The van der Waals surface area contributed by atoms with Gasteiger partial charge in [0.2, 0.25) is 0 Å². The summed E-state index contributed by atoms with van der Waals surface area (Å²) < 4.78 is 5.45. The predicted octanol–water partition coefficient (Wildman–Crippen LogP) is 2.50. The highest BCUT2D eigenvalue weighted by atomic mass is 16.5. The normalized spacial score (nSPS) is 16.1. The molecular formula is C22H26N4O3. The Morgan fingerprint density at radius 2 is 1.66 bits per heavy atom. The van der Waals surface area contributed by atoms with E-state index in [1.54, 1.807) is 12.1 Å². The summed E-state index contributed by atoms with van der Waals surface area (Å²) in [7, 11) is 0. The fourth-order valence-electron chi connectivity index (χ4n) is 3.26. The lowest BCUT2D eigenvalue weighted by Gasteiger charge is -2.34. The van der Waals surface area contributed by atoms with Crippen molar-refractivity contribution in [3.05, 3.63) is 65.7 Å². The van der Waals surface area contributed by atoms with Crippen LogP contribution in [0.2, 0.25) is 0 Å². The molecule has 0 radical (unpaired) electrons. The van der Waals surface area contributed by atoms with Crippen molar-refractivity contribution in [3.8, 4) is 0 Å². The molecule has 7 nitrogen and oxygen atoms in total. The number of hydrogen-bond donors (Lipinski definition) is 2. The van der Waals surface area contributed by atoms with E-state index in [0.29, 0.717) is 24.6 Å². The van der Waals surface area contributed by atoms with E-state index in [9.17, 15) is 9.59 Å². The molecule has 1 aliphatic rings. The van der Waals surface area contributed by atoms with Gasteiger partial charge < -0.3 is 10.1 Å². The van der Waals surface area contributed by atoms with Gasteiger partial charge in [0.1, 0.15) is 0 Å². The number of ether oxygens (including phenoxy) is 1. The van der Waals surface area contributed by atoms with Gasteiger partial charge in [0, 0.05) is 18.8 Å². The van der Waals surface area contributed by atoms with Crippen LogP contribution in [0.3, 0.4) is 0 Å². The van der Waals surface area contributed by atoms with Crippen molar-refractivity contribution in [2.75, 3.05) is 31.6 Å². The number of hydrogen-bond acceptors (Lipinski definition) is 5. The van der Waals surface area contributed by atoms with E-state index < -0.39 is 11.8 Å². The van der Waals surface area contributed by atoms with Crippen molar-refractivity contribution >= 4 is 23.2 Å². The first-order valence-corrected chi connectivity index (χ1v) is 9.63. The highest BCUT2D eigenvalue weighted by Gasteiger charge is 2.25. The lowest BCUT2D eigenvalue weighted by Crippen LogP contribution is -2.42. The molecule has 1 atom stereocenters. The molecule has 2 aromatic rings. The maximum absolute atomic E-state index is 12.2. The lowest BCUT2D eigenvalue weighted by molar-refractivity contribution is -0.136. The zero-order valence-corrected chi connectivity index (χ0v) is 16.7. The maximum Gasteiger partial charge on any atom is 0.329 e. The molecule has 0 unspecified atom stereocenters. The number of benzene rings is 2. The first kappa shape index (κ1) is 20.7. The van der Waals surface area contributed by atoms with Crippen LogP contribution in [-0.4, -0.2) is 48.7 Å². The number of carbonyl (C=O) groups is 2. The number of nitrogens with zero attached hydrogens (tertiary/aromatic N) is 2. The number of amides is 2. The zero-order chi connectivity index (χ0) is 20.6. The number of aryl methyl sites for hydroxylation is 1. The van der Waals surface area contributed by atoms with E-state index >= 15 is 0 Å². The number of nitrogens with one attached hydrogen (secondary N) is 2. The summed E-state index contributed by atoms with van der Waals surface area (Å²) in [6.07, 6.45) is 0. The van der Waals surface area contributed by atoms with Gasteiger partial charge in [-0.05, 0) is 31.5 Å². The van der Waals surface area contributed by atoms with Crippen LogP contribution in [0.5, 0.6) is 0 Å². The summed E-state index contributed by atoms with van der Waals surface area (Å²) >= 11 is 0. The molecule has 2 N–H and O–H groups in total. The SMILES string of the molecule is C/C(=N/NC(=O)C(=O)Nc1ccc(C)cc1)[C@@H](c1ccccc1)N1CCOCC1. The Balaban J connectivity index is 1.68. The molecule has 29 heavy (non-hydrogen) atoms. The molecular weight excluding hydrogens is 368 g/mol. The number of carbonyl (C=O) groups excluding carboxylic acids is 2. The molecule has 0 aliphatic carbocycles. The van der Waals surface area contributed by atoms with Gasteiger partial charge in [-0.25, -0.2) is 5.43 Å². The van der Waals surface area contributed by atoms with Gasteiger partial charge in [0.25, 0.3) is 0 Å². The third kappa shape index (κ3) is 5.73. The quantitative estimate of drug-likeness (QED) is 0.464. The number of morpholine rings is 1. The summed E-state index contributed by atoms with van der Waals surface area (Å²) in [4.78, 5) is 26.6. The predicted molar refractivity (Wildman–Crippen MR) is 113 cm³/mol. The van der Waals surface area contributed by atoms with Gasteiger partial charge in [0.15, 0.2) is 0 Å². The summed E-state index contributed by atoms with van der Waals surface area (Å²) in [5.41, 5.74) is 5.80. The smallest absolute Gasteiger partial charge is 0.329 e. The van der Waals surface area contributed by atoms with Crippen molar-refractivity contribution in [1.29, 1.82) is 0 Å². The number of rotatable bonds is 5. The largest absolute Gasteiger partial charge is 0.379 e. The minimum Gasteiger partial charge on any atom is -0.379 e. The van der Waals surface area contributed by atoms with Crippen molar-refractivity contribution < 1.29 is 14.3 Å². The Labute approximate surface area is 170 Å². The minimum absolute atomic E-state index is 0.0967. The van der Waals surface area contributed by atoms with Crippen LogP contribution in [0.25, 0.3) is 0 Å². The Hall–Kier alpha value is -3.03. The van der Waals surface area contributed by atoms with Crippen molar-refractivity contribution in [3.63, 3.8) is 0 Å². The highest BCUT2D eigenvalue weighted by Crippen LogP contribution is 2.23. The molecule has 152 valence electrons. The summed E-state index contributed by atoms with van der Waals surface area (Å²) in [5.74, 6) is -1.56. The van der Waals surface area contributed by atoms with Crippen LogP contribution in [-0.2, 0) is 14.3 Å². The fourth-order valence-corrected chi connectivity index (χ4v) is 3.26. The Bertz CT molecular complexity index is 859. The van der Waals surface area contributed by atoms with E-state index in [1.807, 2.05) is 56.3 Å². The van der Waals surface area contributed by atoms with E-state index in [-0.39, 0.29) is 6.04 Å². The maximum atomic E-state index is 12.2. The molecule has 0 spiro atoms. The first-order valence-electron chi connectivity index (χ1n) is 9.63.